The van der Waals surface area contributed by atoms with Crippen LogP contribution in [0, 0.1) is 5.82 Å². The van der Waals surface area contributed by atoms with Crippen molar-refractivity contribution in [3.63, 3.8) is 0 Å². The summed E-state index contributed by atoms with van der Waals surface area (Å²) in [5, 5.41) is 0. The van der Waals surface area contributed by atoms with E-state index in [2.05, 4.69) is 20.9 Å². The van der Waals surface area contributed by atoms with Crippen molar-refractivity contribution in [1.29, 1.82) is 0 Å². The summed E-state index contributed by atoms with van der Waals surface area (Å²) in [7, 11) is 0. The lowest BCUT2D eigenvalue weighted by atomic mass is 10.2. The highest BCUT2D eigenvalue weighted by molar-refractivity contribution is 9.10. The molecular weight excluding hydrogens is 343 g/mol. The highest BCUT2D eigenvalue weighted by Gasteiger charge is 2.12. The summed E-state index contributed by atoms with van der Waals surface area (Å²) in [6, 6.07) is 12.6. The van der Waals surface area contributed by atoms with Gasteiger partial charge in [-0.25, -0.2) is 9.37 Å². The third-order valence-electron chi connectivity index (χ3n) is 3.07. The molecule has 2 nitrogen and oxygen atoms in total. The zero-order chi connectivity index (χ0) is 14.1. The van der Waals surface area contributed by atoms with Crippen molar-refractivity contribution in [2.24, 2.45) is 0 Å². The molecule has 0 aliphatic heterocycles. The van der Waals surface area contributed by atoms with E-state index in [1.165, 1.54) is 12.1 Å². The summed E-state index contributed by atoms with van der Waals surface area (Å²) in [5.41, 5.74) is 2.50. The molecule has 1 heterocycles. The van der Waals surface area contributed by atoms with Crippen molar-refractivity contribution in [2.45, 2.75) is 6.42 Å². The molecule has 0 unspecified atom stereocenters. The maximum Gasteiger partial charge on any atom is 0.125 e. The van der Waals surface area contributed by atoms with E-state index < -0.39 is 0 Å². The van der Waals surface area contributed by atoms with Crippen molar-refractivity contribution in [2.75, 3.05) is 5.88 Å². The van der Waals surface area contributed by atoms with Gasteiger partial charge in [0.1, 0.15) is 11.6 Å². The minimum atomic E-state index is -0.284. The fraction of sp³-hybridized carbons (Fsp3) is 0.133. The maximum atomic E-state index is 13.3. The van der Waals surface area contributed by atoms with E-state index in [1.54, 1.807) is 6.07 Å². The Balaban J connectivity index is 2.28. The average molecular weight is 354 g/mol. The van der Waals surface area contributed by atoms with Gasteiger partial charge in [-0.2, -0.15) is 0 Å². The number of halogens is 3. The van der Waals surface area contributed by atoms with E-state index in [-0.39, 0.29) is 5.82 Å². The van der Waals surface area contributed by atoms with E-state index in [1.807, 2.05) is 28.8 Å². The molecule has 2 aromatic carbocycles. The van der Waals surface area contributed by atoms with Gasteiger partial charge in [0.25, 0.3) is 0 Å². The fourth-order valence-corrected chi connectivity index (χ4v) is 2.82. The Morgan fingerprint density at radius 2 is 2.05 bits per heavy atom. The molecule has 1 aromatic heterocycles. The second-order valence-electron chi connectivity index (χ2n) is 4.42. The smallest absolute Gasteiger partial charge is 0.125 e. The van der Waals surface area contributed by atoms with Gasteiger partial charge in [0, 0.05) is 28.5 Å². The zero-order valence-electron chi connectivity index (χ0n) is 10.5. The Hall–Kier alpha value is -1.39. The molecule has 0 aliphatic rings. The number of nitrogens with zero attached hydrogens (tertiary/aromatic N) is 2. The number of aryl methyl sites for hydroxylation is 1. The van der Waals surface area contributed by atoms with Gasteiger partial charge < -0.3 is 0 Å². The summed E-state index contributed by atoms with van der Waals surface area (Å²) in [6.45, 7) is 0. The normalized spacial score (nSPS) is 11.2. The van der Waals surface area contributed by atoms with Gasteiger partial charge >= 0.3 is 0 Å². The van der Waals surface area contributed by atoms with Gasteiger partial charge in [0.2, 0.25) is 0 Å². The SMILES string of the molecule is Fc1ccc2c(c1)nc(CCCl)n2-c1cccc(Br)c1. The molecule has 0 N–H and O–H groups in total. The average Bonchev–Trinajstić information content (AvgIpc) is 2.76. The molecule has 3 aromatic rings. The monoisotopic (exact) mass is 352 g/mol. The Labute approximate surface area is 129 Å². The Morgan fingerprint density at radius 3 is 2.80 bits per heavy atom. The highest BCUT2D eigenvalue weighted by Crippen LogP contribution is 2.24. The molecule has 0 bridgehead atoms. The summed E-state index contributed by atoms with van der Waals surface area (Å²) < 4.78 is 16.3. The van der Waals surface area contributed by atoms with Crippen LogP contribution in [0.15, 0.2) is 46.9 Å². The molecule has 0 saturated heterocycles. The molecular formula is C15H11BrClFN2. The van der Waals surface area contributed by atoms with Crippen LogP contribution in [0.2, 0.25) is 0 Å². The van der Waals surface area contributed by atoms with E-state index in [0.717, 1.165) is 21.5 Å². The molecule has 102 valence electrons. The largest absolute Gasteiger partial charge is 0.296 e. The van der Waals surface area contributed by atoms with Gasteiger partial charge in [-0.15, -0.1) is 11.6 Å². The Kier molecular flexibility index (Phi) is 3.76. The molecule has 0 atom stereocenters. The van der Waals surface area contributed by atoms with Crippen LogP contribution >= 0.6 is 27.5 Å². The number of benzene rings is 2. The van der Waals surface area contributed by atoms with Crippen molar-refractivity contribution in [3.8, 4) is 5.69 Å². The van der Waals surface area contributed by atoms with Crippen molar-refractivity contribution in [1.82, 2.24) is 9.55 Å². The minimum Gasteiger partial charge on any atom is -0.296 e. The lowest BCUT2D eigenvalue weighted by Gasteiger charge is -2.09. The number of rotatable bonds is 3. The van der Waals surface area contributed by atoms with Crippen LogP contribution in [0.25, 0.3) is 16.7 Å². The van der Waals surface area contributed by atoms with Gasteiger partial charge in [-0.05, 0) is 30.3 Å². The van der Waals surface area contributed by atoms with Crippen LogP contribution in [0.4, 0.5) is 4.39 Å². The molecule has 3 rings (SSSR count). The van der Waals surface area contributed by atoms with Crippen LogP contribution in [0.5, 0.6) is 0 Å². The van der Waals surface area contributed by atoms with E-state index >= 15 is 0 Å². The number of hydrogen-bond donors (Lipinski definition) is 0. The summed E-state index contributed by atoms with van der Waals surface area (Å²) in [6.07, 6.45) is 0.629. The molecule has 0 radical (unpaired) electrons. The third kappa shape index (κ3) is 2.45. The minimum absolute atomic E-state index is 0.284. The van der Waals surface area contributed by atoms with Crippen LogP contribution in [0.1, 0.15) is 5.82 Å². The number of hydrogen-bond acceptors (Lipinski definition) is 1. The Bertz CT molecular complexity index is 770. The van der Waals surface area contributed by atoms with E-state index in [0.29, 0.717) is 17.8 Å². The Morgan fingerprint density at radius 1 is 1.20 bits per heavy atom. The fourth-order valence-electron chi connectivity index (χ4n) is 2.26. The second kappa shape index (κ2) is 5.54. The van der Waals surface area contributed by atoms with Gasteiger partial charge in [-0.1, -0.05) is 22.0 Å². The number of aromatic nitrogens is 2. The summed E-state index contributed by atoms with van der Waals surface area (Å²) >= 11 is 9.32. The van der Waals surface area contributed by atoms with Crippen LogP contribution in [-0.2, 0) is 6.42 Å². The first-order valence-electron chi connectivity index (χ1n) is 6.18. The first-order chi connectivity index (χ1) is 9.69. The molecule has 5 heteroatoms. The van der Waals surface area contributed by atoms with Crippen LogP contribution < -0.4 is 0 Å². The molecule has 0 spiro atoms. The molecule has 0 saturated carbocycles. The molecule has 0 aliphatic carbocycles. The van der Waals surface area contributed by atoms with Crippen LogP contribution in [0.3, 0.4) is 0 Å². The van der Waals surface area contributed by atoms with Crippen molar-refractivity contribution >= 4 is 38.6 Å². The topological polar surface area (TPSA) is 17.8 Å². The van der Waals surface area contributed by atoms with Crippen molar-refractivity contribution < 1.29 is 4.39 Å². The van der Waals surface area contributed by atoms with E-state index in [4.69, 9.17) is 11.6 Å². The third-order valence-corrected chi connectivity index (χ3v) is 3.75. The molecule has 0 fully saturated rings. The van der Waals surface area contributed by atoms with Crippen LogP contribution in [-0.4, -0.2) is 15.4 Å². The van der Waals surface area contributed by atoms with Crippen molar-refractivity contribution in [3.05, 3.63) is 58.6 Å². The standard InChI is InChI=1S/C15H11BrClFN2/c16-10-2-1-3-12(8-10)20-14-5-4-11(18)9-13(14)19-15(20)6-7-17/h1-5,8-9H,6-7H2. The lowest BCUT2D eigenvalue weighted by Crippen LogP contribution is -2.02. The molecule has 0 amide bonds. The number of imidazole rings is 1. The summed E-state index contributed by atoms with van der Waals surface area (Å²) in [5.74, 6) is 1.02. The second-order valence-corrected chi connectivity index (χ2v) is 5.71. The quantitative estimate of drug-likeness (QED) is 0.624. The molecule has 20 heavy (non-hydrogen) atoms. The van der Waals surface area contributed by atoms with Gasteiger partial charge in [0.15, 0.2) is 0 Å². The van der Waals surface area contributed by atoms with E-state index in [9.17, 15) is 4.39 Å². The van der Waals surface area contributed by atoms with Gasteiger partial charge in [0.05, 0.1) is 11.0 Å². The number of alkyl halides is 1. The predicted molar refractivity (Wildman–Crippen MR) is 83.2 cm³/mol. The maximum absolute atomic E-state index is 13.3. The number of fused-ring (bicyclic) bond motifs is 1. The zero-order valence-corrected chi connectivity index (χ0v) is 12.8. The van der Waals surface area contributed by atoms with Gasteiger partial charge in [-0.3, -0.25) is 4.57 Å². The highest BCUT2D eigenvalue weighted by atomic mass is 79.9. The first kappa shape index (κ1) is 13.6. The lowest BCUT2D eigenvalue weighted by molar-refractivity contribution is 0.629. The first-order valence-corrected chi connectivity index (χ1v) is 7.50. The predicted octanol–water partition coefficient (Wildman–Crippen LogP) is 4.71. The summed E-state index contributed by atoms with van der Waals surface area (Å²) in [4.78, 5) is 4.49.